The third-order valence-corrected chi connectivity index (χ3v) is 5.90. The number of hydrogen-bond acceptors (Lipinski definition) is 5. The molecule has 1 N–H and O–H groups in total. The summed E-state index contributed by atoms with van der Waals surface area (Å²) in [6.45, 7) is 10.5. The molecule has 2 saturated heterocycles. The van der Waals surface area contributed by atoms with Crippen molar-refractivity contribution in [3.63, 3.8) is 0 Å². The Bertz CT molecular complexity index is 525. The van der Waals surface area contributed by atoms with Gasteiger partial charge in [-0.3, -0.25) is 0 Å². The molecule has 1 saturated carbocycles. The lowest BCUT2D eigenvalue weighted by atomic mass is 9.98. The molecule has 1 aromatic heterocycles. The van der Waals surface area contributed by atoms with Crippen molar-refractivity contribution in [3.8, 4) is 0 Å². The van der Waals surface area contributed by atoms with Gasteiger partial charge in [0.05, 0.1) is 5.69 Å². The van der Waals surface area contributed by atoms with Gasteiger partial charge in [-0.2, -0.15) is 5.10 Å². The molecule has 132 valence electrons. The van der Waals surface area contributed by atoms with Gasteiger partial charge < -0.3 is 15.1 Å². The standard InChI is InChI=1S/C19H31N5/c1-14(2)23-9-7-17(8-10-23)20-11-15-12-24(13-15)19-6-5-18(21-22-19)16-3-4-16/h5-6,14-17,20H,3-4,7-13H2,1-2H3. The maximum absolute atomic E-state index is 4.42. The summed E-state index contributed by atoms with van der Waals surface area (Å²) >= 11 is 0. The van der Waals surface area contributed by atoms with Crippen LogP contribution < -0.4 is 10.2 Å². The van der Waals surface area contributed by atoms with E-state index in [-0.39, 0.29) is 0 Å². The van der Waals surface area contributed by atoms with Crippen LogP contribution in [0.25, 0.3) is 0 Å². The number of rotatable bonds is 6. The Kier molecular flexibility index (Phi) is 4.72. The van der Waals surface area contributed by atoms with Gasteiger partial charge >= 0.3 is 0 Å². The molecule has 2 aliphatic heterocycles. The summed E-state index contributed by atoms with van der Waals surface area (Å²) in [6.07, 6.45) is 5.18. The molecule has 5 heteroatoms. The minimum Gasteiger partial charge on any atom is -0.354 e. The van der Waals surface area contributed by atoms with Gasteiger partial charge in [0.1, 0.15) is 0 Å². The molecule has 5 nitrogen and oxygen atoms in total. The van der Waals surface area contributed by atoms with Crippen LogP contribution in [-0.4, -0.2) is 59.9 Å². The van der Waals surface area contributed by atoms with Crippen molar-refractivity contribution in [2.45, 2.75) is 57.5 Å². The van der Waals surface area contributed by atoms with E-state index in [4.69, 9.17) is 0 Å². The molecule has 4 rings (SSSR count). The minimum absolute atomic E-state index is 0.693. The normalized spacial score (nSPS) is 23.7. The minimum atomic E-state index is 0.693. The Labute approximate surface area is 145 Å². The SMILES string of the molecule is CC(C)N1CCC(NCC2CN(c3ccc(C4CC4)nn3)C2)CC1. The van der Waals surface area contributed by atoms with Crippen LogP contribution >= 0.6 is 0 Å². The maximum atomic E-state index is 4.42. The fourth-order valence-corrected chi connectivity index (χ4v) is 3.94. The second-order valence-corrected chi connectivity index (χ2v) is 8.17. The molecule has 0 amide bonds. The number of nitrogens with zero attached hydrogens (tertiary/aromatic N) is 4. The van der Waals surface area contributed by atoms with Crippen molar-refractivity contribution in [1.29, 1.82) is 0 Å². The van der Waals surface area contributed by atoms with Gasteiger partial charge in [0.15, 0.2) is 5.82 Å². The fraction of sp³-hybridized carbons (Fsp3) is 0.789. The molecule has 3 heterocycles. The average Bonchev–Trinajstić information content (AvgIpc) is 3.39. The molecule has 0 spiro atoms. The van der Waals surface area contributed by atoms with Crippen molar-refractivity contribution < 1.29 is 0 Å². The Morgan fingerprint density at radius 3 is 2.42 bits per heavy atom. The highest BCUT2D eigenvalue weighted by molar-refractivity contribution is 5.41. The summed E-state index contributed by atoms with van der Waals surface area (Å²) in [7, 11) is 0. The van der Waals surface area contributed by atoms with Crippen LogP contribution in [0.2, 0.25) is 0 Å². The highest BCUT2D eigenvalue weighted by Gasteiger charge is 2.30. The van der Waals surface area contributed by atoms with Crippen molar-refractivity contribution in [1.82, 2.24) is 20.4 Å². The fourth-order valence-electron chi connectivity index (χ4n) is 3.94. The van der Waals surface area contributed by atoms with Crippen molar-refractivity contribution in [2.75, 3.05) is 37.6 Å². The Balaban J connectivity index is 1.16. The van der Waals surface area contributed by atoms with E-state index in [1.54, 1.807) is 0 Å². The molecule has 1 aromatic rings. The largest absolute Gasteiger partial charge is 0.354 e. The number of hydrogen-bond donors (Lipinski definition) is 1. The number of anilines is 1. The average molecular weight is 329 g/mol. The molecule has 1 aliphatic carbocycles. The van der Waals surface area contributed by atoms with Crippen molar-refractivity contribution >= 4 is 5.82 Å². The lowest BCUT2D eigenvalue weighted by molar-refractivity contribution is 0.158. The summed E-state index contributed by atoms with van der Waals surface area (Å²) in [4.78, 5) is 4.95. The van der Waals surface area contributed by atoms with Gasteiger partial charge in [0, 0.05) is 43.6 Å². The Hall–Kier alpha value is -1.20. The lowest BCUT2D eigenvalue weighted by Gasteiger charge is -2.41. The first kappa shape index (κ1) is 16.3. The molecule has 3 fully saturated rings. The molecule has 0 bridgehead atoms. The molecular formula is C19H31N5. The molecule has 0 radical (unpaired) electrons. The first-order valence-corrected chi connectivity index (χ1v) is 9.75. The topological polar surface area (TPSA) is 44.3 Å². The Morgan fingerprint density at radius 1 is 1.08 bits per heavy atom. The zero-order valence-corrected chi connectivity index (χ0v) is 15.1. The van der Waals surface area contributed by atoms with E-state index >= 15 is 0 Å². The summed E-state index contributed by atoms with van der Waals surface area (Å²) in [6, 6.07) is 5.74. The smallest absolute Gasteiger partial charge is 0.151 e. The Morgan fingerprint density at radius 2 is 1.83 bits per heavy atom. The van der Waals surface area contributed by atoms with Gasteiger partial charge in [-0.15, -0.1) is 5.10 Å². The van der Waals surface area contributed by atoms with Gasteiger partial charge in [0.2, 0.25) is 0 Å². The first-order valence-electron chi connectivity index (χ1n) is 9.75. The maximum Gasteiger partial charge on any atom is 0.151 e. The zero-order valence-electron chi connectivity index (χ0n) is 15.1. The highest BCUT2D eigenvalue weighted by Crippen LogP contribution is 2.38. The number of likely N-dealkylation sites (tertiary alicyclic amines) is 1. The monoisotopic (exact) mass is 329 g/mol. The van der Waals surface area contributed by atoms with E-state index in [2.05, 4.69) is 51.3 Å². The van der Waals surface area contributed by atoms with E-state index in [0.29, 0.717) is 18.0 Å². The van der Waals surface area contributed by atoms with Gasteiger partial charge in [-0.05, 0) is 64.8 Å². The van der Waals surface area contributed by atoms with Crippen LogP contribution in [0.3, 0.4) is 0 Å². The zero-order chi connectivity index (χ0) is 16.5. The first-order chi connectivity index (χ1) is 11.7. The second-order valence-electron chi connectivity index (χ2n) is 8.17. The quantitative estimate of drug-likeness (QED) is 0.867. The van der Waals surface area contributed by atoms with E-state index in [0.717, 1.165) is 31.4 Å². The van der Waals surface area contributed by atoms with Crippen molar-refractivity contribution in [2.24, 2.45) is 5.92 Å². The van der Waals surface area contributed by atoms with Crippen molar-refractivity contribution in [3.05, 3.63) is 17.8 Å². The van der Waals surface area contributed by atoms with Gasteiger partial charge in [-0.1, -0.05) is 0 Å². The third kappa shape index (κ3) is 3.72. The van der Waals surface area contributed by atoms with Crippen LogP contribution in [0.5, 0.6) is 0 Å². The number of piperidine rings is 1. The second kappa shape index (κ2) is 6.96. The van der Waals surface area contributed by atoms with E-state index in [1.807, 2.05) is 0 Å². The van der Waals surface area contributed by atoms with Gasteiger partial charge in [0.25, 0.3) is 0 Å². The number of aromatic nitrogens is 2. The molecule has 0 atom stereocenters. The molecule has 0 aromatic carbocycles. The summed E-state index contributed by atoms with van der Waals surface area (Å²) in [5.41, 5.74) is 1.19. The van der Waals surface area contributed by atoms with E-state index in [1.165, 1.54) is 44.5 Å². The van der Waals surface area contributed by atoms with Crippen LogP contribution in [0, 0.1) is 5.92 Å². The highest BCUT2D eigenvalue weighted by atomic mass is 15.3. The molecule has 0 unspecified atom stereocenters. The summed E-state index contributed by atoms with van der Waals surface area (Å²) in [5.74, 6) is 2.51. The van der Waals surface area contributed by atoms with Gasteiger partial charge in [-0.25, -0.2) is 0 Å². The third-order valence-electron chi connectivity index (χ3n) is 5.90. The summed E-state index contributed by atoms with van der Waals surface area (Å²) < 4.78 is 0. The van der Waals surface area contributed by atoms with Crippen LogP contribution in [0.1, 0.15) is 51.1 Å². The lowest BCUT2D eigenvalue weighted by Crippen LogP contribution is -2.53. The molecule has 3 aliphatic rings. The number of nitrogens with one attached hydrogen (secondary N) is 1. The van der Waals surface area contributed by atoms with Crippen LogP contribution in [0.4, 0.5) is 5.82 Å². The van der Waals surface area contributed by atoms with Crippen LogP contribution in [0.15, 0.2) is 12.1 Å². The predicted octanol–water partition coefficient (Wildman–Crippen LogP) is 2.25. The van der Waals surface area contributed by atoms with E-state index < -0.39 is 0 Å². The molecule has 24 heavy (non-hydrogen) atoms. The van der Waals surface area contributed by atoms with Crippen LogP contribution in [-0.2, 0) is 0 Å². The predicted molar refractivity (Wildman–Crippen MR) is 97.4 cm³/mol. The summed E-state index contributed by atoms with van der Waals surface area (Å²) in [5, 5.41) is 12.6. The molecular weight excluding hydrogens is 298 g/mol. The van der Waals surface area contributed by atoms with E-state index in [9.17, 15) is 0 Å².